The summed E-state index contributed by atoms with van der Waals surface area (Å²) in [4.78, 5) is 14.7. The predicted molar refractivity (Wildman–Crippen MR) is 282 cm³/mol. The van der Waals surface area contributed by atoms with Crippen molar-refractivity contribution in [2.24, 2.45) is 5.41 Å². The quantitative estimate of drug-likeness (QED) is 0.176. The second kappa shape index (κ2) is 27.2. The Morgan fingerprint density at radius 2 is 0.970 bits per heavy atom. The summed E-state index contributed by atoms with van der Waals surface area (Å²) < 4.78 is 1.91. The number of H-pyrrole nitrogens is 1. The fourth-order valence-electron chi connectivity index (χ4n) is 3.89. The van der Waals surface area contributed by atoms with Gasteiger partial charge in [0.05, 0.1) is 22.5 Å². The number of aromatic nitrogens is 12. The van der Waals surface area contributed by atoms with E-state index in [1.807, 2.05) is 16.9 Å². The number of tetrazole rings is 1. The number of hydrogen-bond acceptors (Lipinski definition) is 10. The van der Waals surface area contributed by atoms with E-state index >= 15 is 0 Å². The van der Waals surface area contributed by atoms with Crippen LogP contribution < -0.4 is 5.32 Å². The van der Waals surface area contributed by atoms with Gasteiger partial charge in [-0.15, -0.1) is 15.3 Å². The molecule has 13 nitrogen and oxygen atoms in total. The van der Waals surface area contributed by atoms with Crippen molar-refractivity contribution in [3.63, 3.8) is 0 Å². The summed E-state index contributed by atoms with van der Waals surface area (Å²) >= 11 is 0. The van der Waals surface area contributed by atoms with Crippen molar-refractivity contribution < 1.29 is 21.1 Å². The minimum atomic E-state index is -0.0868. The molecule has 4 aromatic rings. The van der Waals surface area contributed by atoms with Crippen molar-refractivity contribution in [1.82, 2.24) is 60.4 Å². The van der Waals surface area contributed by atoms with Gasteiger partial charge in [0.2, 0.25) is 0 Å². The van der Waals surface area contributed by atoms with Gasteiger partial charge in [0.1, 0.15) is 18.0 Å². The number of nitrogens with one attached hydrogen (secondary N) is 2. The van der Waals surface area contributed by atoms with Crippen LogP contribution in [0.1, 0.15) is 251 Å². The van der Waals surface area contributed by atoms with E-state index in [0.717, 1.165) is 34.7 Å². The maximum atomic E-state index is 4.49. The zero-order chi connectivity index (χ0) is 50.6. The van der Waals surface area contributed by atoms with Crippen molar-refractivity contribution in [3.8, 4) is 0 Å². The number of hydrogen-bond donors (Lipinski definition) is 2. The fraction of sp³-hybridized carbons (Fsp3) is 0.788. The first-order valence-electron chi connectivity index (χ1n) is 22.6. The van der Waals surface area contributed by atoms with E-state index in [2.05, 4.69) is 271 Å². The Morgan fingerprint density at radius 3 is 1.21 bits per heavy atom. The Hall–Kier alpha value is -3.08. The van der Waals surface area contributed by atoms with Gasteiger partial charge < -0.3 is 18.7 Å². The van der Waals surface area contributed by atoms with Crippen molar-refractivity contribution in [2.45, 2.75) is 266 Å². The second-order valence-electron chi connectivity index (χ2n) is 26.7. The maximum Gasteiger partial charge on any atom is 2.00 e. The van der Waals surface area contributed by atoms with Gasteiger partial charge >= 0.3 is 21.1 Å². The Labute approximate surface area is 422 Å². The molecule has 0 aliphatic rings. The Bertz CT molecular complexity index is 1610. The summed E-state index contributed by atoms with van der Waals surface area (Å²) in [5.41, 5.74) is 2.78. The van der Waals surface area contributed by atoms with Crippen LogP contribution >= 0.6 is 0 Å². The van der Waals surface area contributed by atoms with Gasteiger partial charge in [-0.05, 0) is 72.9 Å². The van der Waals surface area contributed by atoms with Crippen LogP contribution in [0.15, 0.2) is 18.6 Å². The van der Waals surface area contributed by atoms with E-state index in [0.29, 0.717) is 5.41 Å². The molecule has 0 saturated carbocycles. The molecular weight excluding hydrogens is 991 g/mol. The molecule has 384 valence electrons. The summed E-state index contributed by atoms with van der Waals surface area (Å²) in [7, 11) is 0. The van der Waals surface area contributed by atoms with E-state index in [-0.39, 0.29) is 79.6 Å². The zero-order valence-corrected chi connectivity index (χ0v) is 51.0. The van der Waals surface area contributed by atoms with Crippen LogP contribution in [0.4, 0.5) is 5.82 Å². The molecule has 2 N–H and O–H groups in total. The van der Waals surface area contributed by atoms with Crippen LogP contribution in [0.5, 0.6) is 0 Å². The second-order valence-corrected chi connectivity index (χ2v) is 26.7. The van der Waals surface area contributed by atoms with Gasteiger partial charge in [-0.25, -0.2) is 19.6 Å². The van der Waals surface area contributed by atoms with Gasteiger partial charge in [0.25, 0.3) is 0 Å². The SMILES string of the molecule is C.CC(C)(C)C.CC(C)(C)Nc1cc(C(C)(C)C)ncn1.CC(C)(C)c1cn(C(C)(C)C)nn1.CC(C)(C)c1n[nH]c(C(C)(C)C)n1.CC(C)(C)c1nnn(C(C)(C)C)n1.C[C-](C)C.[CH3-].[W+2]. The van der Waals surface area contributed by atoms with E-state index < -0.39 is 0 Å². The normalized spacial score (nSPS) is 12.2. The minimum Gasteiger partial charge on any atom is -0.365 e. The third-order valence-electron chi connectivity index (χ3n) is 7.44. The molecule has 0 fully saturated rings. The zero-order valence-electron chi connectivity index (χ0n) is 48.1. The smallest absolute Gasteiger partial charge is 0.365 e. The summed E-state index contributed by atoms with van der Waals surface area (Å²) in [6.45, 7) is 65.7. The van der Waals surface area contributed by atoms with Gasteiger partial charge in [0, 0.05) is 44.9 Å². The maximum absolute atomic E-state index is 4.49. The first kappa shape index (κ1) is 71.9. The van der Waals surface area contributed by atoms with Gasteiger partial charge in [0.15, 0.2) is 11.6 Å². The van der Waals surface area contributed by atoms with E-state index in [1.54, 1.807) is 11.1 Å². The molecule has 0 aromatic carbocycles. The van der Waals surface area contributed by atoms with Crippen LogP contribution in [-0.4, -0.2) is 65.9 Å². The predicted octanol–water partition coefficient (Wildman–Crippen LogP) is 14.2. The molecule has 0 bridgehead atoms. The summed E-state index contributed by atoms with van der Waals surface area (Å²) in [6, 6.07) is 2.02. The number of nitrogens with zero attached hydrogens (tertiary/aromatic N) is 11. The third kappa shape index (κ3) is 33.4. The average Bonchev–Trinajstić information content (AvgIpc) is 3.80. The topological polar surface area (TPSA) is 154 Å². The molecular formula is C52H105N13W. The fourth-order valence-corrected chi connectivity index (χ4v) is 3.89. The number of anilines is 1. The summed E-state index contributed by atoms with van der Waals surface area (Å²) in [5, 5.41) is 31.3. The summed E-state index contributed by atoms with van der Waals surface area (Å²) in [6.07, 6.45) is 3.65. The molecule has 0 atom stereocenters. The molecule has 0 aliphatic carbocycles. The average molecular weight is 1100 g/mol. The molecule has 0 amide bonds. The summed E-state index contributed by atoms with van der Waals surface area (Å²) in [5.74, 6) is 4.94. The van der Waals surface area contributed by atoms with Crippen LogP contribution in [0.25, 0.3) is 0 Å². The monoisotopic (exact) mass is 1100 g/mol. The molecule has 4 rings (SSSR count). The van der Waals surface area contributed by atoms with Crippen LogP contribution in [0.3, 0.4) is 0 Å². The Kier molecular flexibility index (Phi) is 29.6. The van der Waals surface area contributed by atoms with Crippen molar-refractivity contribution >= 4 is 5.82 Å². The molecule has 4 aromatic heterocycles. The standard InChI is InChI=1S/C12H21N3.2C10H19N3.C9H18N4.C5H12.C4H9.CH4.CH3.W/c1-11(2,3)9-7-10(14-8-13-9)15-12(4,5)6;1-9(2,3)7-11-8(13-12-7)10(4,5)6;1-9(2,3)8-7-13(12-11-8)10(4,5)6;1-8(2,3)7-10-12-13(11-7)9(4,5)6;1-5(2,3)4;1-4(2)3;;;/h7-8H,1-6H3,(H,13,14,15);1-6H3,(H,11,12,13);7H,1-6H3;1-6H3;1-4H3;1-3H3;1H4;1H3;/q;;;;;-1;;-1;+2. The van der Waals surface area contributed by atoms with Crippen LogP contribution in [-0.2, 0) is 59.2 Å². The van der Waals surface area contributed by atoms with Gasteiger partial charge in [-0.2, -0.15) is 30.7 Å². The van der Waals surface area contributed by atoms with E-state index in [1.165, 1.54) is 5.92 Å². The van der Waals surface area contributed by atoms with Gasteiger partial charge in [-0.3, -0.25) is 5.10 Å². The molecule has 0 saturated heterocycles. The Morgan fingerprint density at radius 1 is 0.545 bits per heavy atom. The first-order valence-corrected chi connectivity index (χ1v) is 22.6. The molecule has 0 spiro atoms. The Balaban J connectivity index is -0.000000233. The van der Waals surface area contributed by atoms with E-state index in [4.69, 9.17) is 0 Å². The van der Waals surface area contributed by atoms with E-state index in [9.17, 15) is 0 Å². The van der Waals surface area contributed by atoms with Crippen molar-refractivity contribution in [1.29, 1.82) is 0 Å². The van der Waals surface area contributed by atoms with Gasteiger partial charge in [-0.1, -0.05) is 144 Å². The number of rotatable bonds is 1. The van der Waals surface area contributed by atoms with Crippen molar-refractivity contribution in [3.05, 3.63) is 60.8 Å². The largest absolute Gasteiger partial charge is 2.00 e. The third-order valence-corrected chi connectivity index (χ3v) is 7.44. The van der Waals surface area contributed by atoms with Crippen LogP contribution in [0.2, 0.25) is 0 Å². The first-order chi connectivity index (χ1) is 27.5. The molecule has 0 radical (unpaired) electrons. The van der Waals surface area contributed by atoms with Crippen LogP contribution in [0, 0.1) is 18.8 Å². The molecule has 0 aliphatic heterocycles. The molecule has 66 heavy (non-hydrogen) atoms. The molecule has 0 unspecified atom stereocenters. The molecule has 14 heteroatoms. The molecule has 4 heterocycles. The number of aromatic amines is 1. The van der Waals surface area contributed by atoms with Crippen molar-refractivity contribution in [2.75, 3.05) is 5.32 Å². The minimum absolute atomic E-state index is 0.